The van der Waals surface area contributed by atoms with Crippen LogP contribution in [0.5, 0.6) is 0 Å². The minimum atomic E-state index is -0.894. The van der Waals surface area contributed by atoms with Crippen molar-refractivity contribution in [2.24, 2.45) is 5.92 Å². The molecule has 0 aliphatic rings. The van der Waals surface area contributed by atoms with Gasteiger partial charge in [-0.25, -0.2) is 0 Å². The fraction of sp³-hybridized carbons (Fsp3) is 0.840. The molecule has 1 unspecified atom stereocenters. The van der Waals surface area contributed by atoms with Crippen molar-refractivity contribution in [2.45, 2.75) is 123 Å². The Morgan fingerprint density at radius 1 is 0.759 bits per heavy atom. The average molecular weight is 411 g/mol. The second-order valence-electron chi connectivity index (χ2n) is 8.19. The number of esters is 1. The summed E-state index contributed by atoms with van der Waals surface area (Å²) in [7, 11) is 0. The van der Waals surface area contributed by atoms with Gasteiger partial charge in [0.2, 0.25) is 0 Å². The maximum absolute atomic E-state index is 11.6. The molecule has 0 rings (SSSR count). The van der Waals surface area contributed by atoms with Crippen LogP contribution in [0.3, 0.4) is 0 Å². The van der Waals surface area contributed by atoms with Gasteiger partial charge in [0.1, 0.15) is 0 Å². The topological polar surface area (TPSA) is 63.6 Å². The zero-order valence-electron chi connectivity index (χ0n) is 19.1. The normalized spacial score (nSPS) is 12.3. The third-order valence-corrected chi connectivity index (χ3v) is 5.29. The fourth-order valence-corrected chi connectivity index (χ4v) is 3.43. The highest BCUT2D eigenvalue weighted by Gasteiger charge is 2.21. The first-order chi connectivity index (χ1) is 14.1. The van der Waals surface area contributed by atoms with Gasteiger partial charge in [-0.3, -0.25) is 9.59 Å². The predicted molar refractivity (Wildman–Crippen MR) is 121 cm³/mol. The van der Waals surface area contributed by atoms with Crippen LogP contribution in [0.1, 0.15) is 123 Å². The average Bonchev–Trinajstić information content (AvgIpc) is 2.70. The molecule has 0 aromatic rings. The van der Waals surface area contributed by atoms with E-state index in [2.05, 4.69) is 19.1 Å². The van der Waals surface area contributed by atoms with Crippen molar-refractivity contribution >= 4 is 11.9 Å². The number of unbranched alkanes of at least 4 members (excludes halogenated alkanes) is 12. The minimum absolute atomic E-state index is 0.0100. The Morgan fingerprint density at radius 3 is 1.79 bits per heavy atom. The van der Waals surface area contributed by atoms with Crippen molar-refractivity contribution in [2.75, 3.05) is 6.61 Å². The Balaban J connectivity index is 3.53. The molecule has 0 heterocycles. The summed E-state index contributed by atoms with van der Waals surface area (Å²) in [6.45, 7) is 4.56. The first-order valence-corrected chi connectivity index (χ1v) is 12.1. The molecule has 0 amide bonds. The number of carbonyl (C=O) groups excluding carboxylic acids is 1. The van der Waals surface area contributed by atoms with Gasteiger partial charge in [-0.05, 0) is 38.5 Å². The van der Waals surface area contributed by atoms with Crippen LogP contribution in [-0.2, 0) is 14.3 Å². The van der Waals surface area contributed by atoms with Gasteiger partial charge in [0.25, 0.3) is 0 Å². The second kappa shape index (κ2) is 21.4. The third-order valence-electron chi connectivity index (χ3n) is 5.29. The molecule has 0 aromatic heterocycles. The second-order valence-corrected chi connectivity index (χ2v) is 8.19. The maximum Gasteiger partial charge on any atom is 0.307 e. The molecule has 0 saturated heterocycles. The summed E-state index contributed by atoms with van der Waals surface area (Å²) in [5.74, 6) is -1.90. The molecular weight excluding hydrogens is 364 g/mol. The number of hydrogen-bond donors (Lipinski definition) is 1. The lowest BCUT2D eigenvalue weighted by Crippen LogP contribution is -2.19. The number of ether oxygens (including phenoxy) is 1. The molecule has 0 radical (unpaired) electrons. The van der Waals surface area contributed by atoms with E-state index in [9.17, 15) is 14.7 Å². The molecular formula is C25H46O4. The van der Waals surface area contributed by atoms with Gasteiger partial charge in [-0.2, -0.15) is 0 Å². The van der Waals surface area contributed by atoms with E-state index in [0.717, 1.165) is 32.1 Å². The van der Waals surface area contributed by atoms with Crippen LogP contribution >= 0.6 is 0 Å². The lowest BCUT2D eigenvalue weighted by molar-refractivity contribution is -0.151. The molecule has 4 heteroatoms. The van der Waals surface area contributed by atoms with E-state index < -0.39 is 17.9 Å². The number of carboxylic acid groups (broad SMARTS) is 1. The van der Waals surface area contributed by atoms with Gasteiger partial charge in [-0.15, -0.1) is 0 Å². The summed E-state index contributed by atoms with van der Waals surface area (Å²) in [6, 6.07) is 0. The van der Waals surface area contributed by atoms with E-state index in [1.807, 2.05) is 6.92 Å². The van der Waals surface area contributed by atoms with Gasteiger partial charge >= 0.3 is 11.9 Å². The lowest BCUT2D eigenvalue weighted by Gasteiger charge is -2.11. The molecule has 0 spiro atoms. The summed E-state index contributed by atoms with van der Waals surface area (Å²) >= 11 is 0. The number of aliphatic carboxylic acids is 1. The number of carboxylic acids is 1. The zero-order chi connectivity index (χ0) is 21.6. The van der Waals surface area contributed by atoms with Crippen molar-refractivity contribution in [1.82, 2.24) is 0 Å². The quantitative estimate of drug-likeness (QED) is 0.121. The van der Waals surface area contributed by atoms with Crippen molar-refractivity contribution in [1.29, 1.82) is 0 Å². The minimum Gasteiger partial charge on any atom is -0.481 e. The first-order valence-electron chi connectivity index (χ1n) is 12.1. The van der Waals surface area contributed by atoms with Crippen LogP contribution in [0.4, 0.5) is 0 Å². The Kier molecular flexibility index (Phi) is 20.4. The standard InChI is InChI=1S/C25H46O4/c1-3-5-6-7-8-9-10-11-12-13-14-15-16-17-18-19-20-23(25(27)28)22-24(26)29-21-4-2/h15-16,23H,3-14,17-22H2,1-2H3,(H,27,28)/b16-15+. The Hall–Kier alpha value is -1.32. The lowest BCUT2D eigenvalue weighted by atomic mass is 9.98. The van der Waals surface area contributed by atoms with Gasteiger partial charge in [0.05, 0.1) is 18.9 Å². The fourth-order valence-electron chi connectivity index (χ4n) is 3.43. The molecule has 29 heavy (non-hydrogen) atoms. The zero-order valence-corrected chi connectivity index (χ0v) is 19.1. The monoisotopic (exact) mass is 410 g/mol. The van der Waals surface area contributed by atoms with Crippen LogP contribution in [0.15, 0.2) is 12.2 Å². The third kappa shape index (κ3) is 19.8. The summed E-state index contributed by atoms with van der Waals surface area (Å²) in [4.78, 5) is 22.9. The molecule has 0 fully saturated rings. The van der Waals surface area contributed by atoms with E-state index in [1.165, 1.54) is 64.2 Å². The Labute approximate surface area is 179 Å². The maximum atomic E-state index is 11.6. The highest BCUT2D eigenvalue weighted by Crippen LogP contribution is 2.16. The summed E-state index contributed by atoms with van der Waals surface area (Å²) in [5, 5.41) is 9.25. The summed E-state index contributed by atoms with van der Waals surface area (Å²) in [5.41, 5.74) is 0. The van der Waals surface area contributed by atoms with E-state index in [0.29, 0.717) is 13.0 Å². The van der Waals surface area contributed by atoms with E-state index >= 15 is 0 Å². The molecule has 0 aliphatic carbocycles. The van der Waals surface area contributed by atoms with Crippen molar-refractivity contribution in [3.63, 3.8) is 0 Å². The number of allylic oxidation sites excluding steroid dienone is 2. The number of rotatable bonds is 21. The van der Waals surface area contributed by atoms with E-state index in [4.69, 9.17) is 4.74 Å². The van der Waals surface area contributed by atoms with E-state index in [-0.39, 0.29) is 6.42 Å². The van der Waals surface area contributed by atoms with Crippen LogP contribution in [0.25, 0.3) is 0 Å². The molecule has 0 aromatic carbocycles. The van der Waals surface area contributed by atoms with Crippen LogP contribution in [0.2, 0.25) is 0 Å². The molecule has 4 nitrogen and oxygen atoms in total. The number of hydrogen-bond acceptors (Lipinski definition) is 3. The molecule has 0 aliphatic heterocycles. The summed E-state index contributed by atoms with van der Waals surface area (Å²) in [6.07, 6.45) is 23.4. The molecule has 1 atom stereocenters. The molecule has 170 valence electrons. The van der Waals surface area contributed by atoms with Crippen molar-refractivity contribution < 1.29 is 19.4 Å². The van der Waals surface area contributed by atoms with Crippen LogP contribution < -0.4 is 0 Å². The van der Waals surface area contributed by atoms with Crippen molar-refractivity contribution in [3.05, 3.63) is 12.2 Å². The first kappa shape index (κ1) is 27.7. The van der Waals surface area contributed by atoms with Gasteiger partial charge in [0, 0.05) is 0 Å². The predicted octanol–water partition coefficient (Wildman–Crippen LogP) is 7.46. The van der Waals surface area contributed by atoms with Gasteiger partial charge in [-0.1, -0.05) is 90.2 Å². The molecule has 1 N–H and O–H groups in total. The number of carbonyl (C=O) groups is 2. The van der Waals surface area contributed by atoms with Crippen LogP contribution in [0, 0.1) is 5.92 Å². The summed E-state index contributed by atoms with van der Waals surface area (Å²) < 4.78 is 4.99. The van der Waals surface area contributed by atoms with Gasteiger partial charge < -0.3 is 9.84 Å². The molecule has 0 saturated carbocycles. The van der Waals surface area contributed by atoms with E-state index in [1.54, 1.807) is 0 Å². The highest BCUT2D eigenvalue weighted by atomic mass is 16.5. The Morgan fingerprint density at radius 2 is 1.28 bits per heavy atom. The van der Waals surface area contributed by atoms with Gasteiger partial charge in [0.15, 0.2) is 0 Å². The SMILES string of the molecule is CCCCCCCCCCCC/C=C/CCCCC(CC(=O)OCCC)C(=O)O. The highest BCUT2D eigenvalue weighted by molar-refractivity contribution is 5.78. The van der Waals surface area contributed by atoms with Crippen molar-refractivity contribution in [3.8, 4) is 0 Å². The molecule has 0 bridgehead atoms. The Bertz CT molecular complexity index is 417. The largest absolute Gasteiger partial charge is 0.481 e. The van der Waals surface area contributed by atoms with Crippen LogP contribution in [-0.4, -0.2) is 23.7 Å². The smallest absolute Gasteiger partial charge is 0.307 e.